The molecule has 1 aliphatic carbocycles. The van der Waals surface area contributed by atoms with Gasteiger partial charge >= 0.3 is 6.09 Å². The fourth-order valence-corrected chi connectivity index (χ4v) is 2.61. The number of nitrogens with one attached hydrogen (secondary N) is 1. The Morgan fingerprint density at radius 2 is 2.20 bits per heavy atom. The Balaban J connectivity index is 1.70. The lowest BCUT2D eigenvalue weighted by Gasteiger charge is -2.22. The molecule has 25 heavy (non-hydrogen) atoms. The third kappa shape index (κ3) is 5.06. The zero-order valence-electron chi connectivity index (χ0n) is 14.8. The van der Waals surface area contributed by atoms with Crippen LogP contribution >= 0.6 is 0 Å². The third-order valence-electron chi connectivity index (χ3n) is 4.42. The summed E-state index contributed by atoms with van der Waals surface area (Å²) in [5.74, 6) is 1.57. The van der Waals surface area contributed by atoms with Crippen LogP contribution in [0.5, 0.6) is 11.8 Å². The van der Waals surface area contributed by atoms with E-state index >= 15 is 0 Å². The molecule has 1 unspecified atom stereocenters. The van der Waals surface area contributed by atoms with Crippen LogP contribution < -0.4 is 14.8 Å². The van der Waals surface area contributed by atoms with E-state index in [4.69, 9.17) is 14.2 Å². The van der Waals surface area contributed by atoms with Gasteiger partial charge in [-0.05, 0) is 45.1 Å². The van der Waals surface area contributed by atoms with Crippen molar-refractivity contribution in [2.75, 3.05) is 26.4 Å². The number of aliphatic hydroxyl groups is 1. The van der Waals surface area contributed by atoms with Crippen LogP contribution in [0.15, 0.2) is 12.1 Å². The first kappa shape index (κ1) is 17.9. The molecule has 138 valence electrons. The number of carbonyl (C=O) groups is 1. The van der Waals surface area contributed by atoms with E-state index in [-0.39, 0.29) is 18.4 Å². The molecule has 2 fully saturated rings. The molecule has 2 aliphatic rings. The number of nitrogens with zero attached hydrogens (tertiary/aromatic N) is 1. The Labute approximate surface area is 147 Å². The van der Waals surface area contributed by atoms with Crippen LogP contribution in [0.25, 0.3) is 0 Å². The highest BCUT2D eigenvalue weighted by Crippen LogP contribution is 2.35. The quantitative estimate of drug-likeness (QED) is 0.784. The Bertz CT molecular complexity index is 609. The van der Waals surface area contributed by atoms with Gasteiger partial charge in [0.05, 0.1) is 25.4 Å². The van der Waals surface area contributed by atoms with Gasteiger partial charge in [0, 0.05) is 24.2 Å². The van der Waals surface area contributed by atoms with E-state index in [0.29, 0.717) is 25.0 Å². The first-order valence-electron chi connectivity index (χ1n) is 8.79. The van der Waals surface area contributed by atoms with Crippen molar-refractivity contribution in [2.24, 2.45) is 5.92 Å². The number of aliphatic hydroxyl groups excluding tert-OH is 1. The average molecular weight is 350 g/mol. The first-order chi connectivity index (χ1) is 12.0. The van der Waals surface area contributed by atoms with Gasteiger partial charge in [0.1, 0.15) is 0 Å². The van der Waals surface area contributed by atoms with Crippen LogP contribution in [0.1, 0.15) is 44.6 Å². The molecule has 1 aliphatic heterocycles. The molecule has 1 aromatic rings. The standard InChI is InChI=1S/C18H26N2O5/c1-18(2,11-21)20-17(22)25-15-6-5-14(13-7-8-23-10-13)16(19-15)24-9-12-3-4-12/h5-6,12-13,21H,3-4,7-11H2,1-2H3,(H,20,22). The molecule has 1 amide bonds. The number of aromatic nitrogens is 1. The van der Waals surface area contributed by atoms with Crippen molar-refractivity contribution in [3.8, 4) is 11.8 Å². The van der Waals surface area contributed by atoms with E-state index in [2.05, 4.69) is 10.3 Å². The molecule has 7 heteroatoms. The van der Waals surface area contributed by atoms with Gasteiger partial charge in [-0.3, -0.25) is 0 Å². The van der Waals surface area contributed by atoms with Gasteiger partial charge in [-0.15, -0.1) is 0 Å². The van der Waals surface area contributed by atoms with Crippen LogP contribution in [-0.2, 0) is 4.74 Å². The molecule has 3 rings (SSSR count). The second kappa shape index (κ2) is 7.58. The minimum absolute atomic E-state index is 0.180. The van der Waals surface area contributed by atoms with E-state index in [1.54, 1.807) is 19.9 Å². The van der Waals surface area contributed by atoms with Gasteiger partial charge in [-0.2, -0.15) is 4.98 Å². The van der Waals surface area contributed by atoms with Crippen molar-refractivity contribution < 1.29 is 24.1 Å². The molecule has 1 saturated carbocycles. The summed E-state index contributed by atoms with van der Waals surface area (Å²) in [5.41, 5.74) is 0.241. The van der Waals surface area contributed by atoms with E-state index in [0.717, 1.165) is 18.6 Å². The Hall–Kier alpha value is -1.86. The number of carbonyl (C=O) groups excluding carboxylic acids is 1. The van der Waals surface area contributed by atoms with Gasteiger partial charge in [-0.25, -0.2) is 4.79 Å². The highest BCUT2D eigenvalue weighted by molar-refractivity contribution is 5.70. The topological polar surface area (TPSA) is 89.9 Å². The number of rotatable bonds is 7. The molecule has 0 bridgehead atoms. The molecule has 1 aromatic heterocycles. The van der Waals surface area contributed by atoms with Gasteiger partial charge in [0.15, 0.2) is 0 Å². The van der Waals surface area contributed by atoms with Crippen LogP contribution in [0, 0.1) is 5.92 Å². The Morgan fingerprint density at radius 1 is 1.40 bits per heavy atom. The van der Waals surface area contributed by atoms with Crippen LogP contribution in [-0.4, -0.2) is 48.2 Å². The van der Waals surface area contributed by atoms with Crippen LogP contribution in [0.3, 0.4) is 0 Å². The number of pyridine rings is 1. The lowest BCUT2D eigenvalue weighted by atomic mass is 10.00. The maximum absolute atomic E-state index is 12.0. The predicted molar refractivity (Wildman–Crippen MR) is 91.0 cm³/mol. The largest absolute Gasteiger partial charge is 0.477 e. The fraction of sp³-hybridized carbons (Fsp3) is 0.667. The molecule has 0 spiro atoms. The van der Waals surface area contributed by atoms with Gasteiger partial charge in [-0.1, -0.05) is 0 Å². The highest BCUT2D eigenvalue weighted by Gasteiger charge is 2.27. The van der Waals surface area contributed by atoms with Crippen molar-refractivity contribution in [2.45, 2.75) is 44.6 Å². The molecule has 0 radical (unpaired) electrons. The molecule has 0 aromatic carbocycles. The van der Waals surface area contributed by atoms with Crippen molar-refractivity contribution in [3.63, 3.8) is 0 Å². The summed E-state index contributed by atoms with van der Waals surface area (Å²) in [4.78, 5) is 16.4. The summed E-state index contributed by atoms with van der Waals surface area (Å²) < 4.78 is 16.6. The SMILES string of the molecule is CC(C)(CO)NC(=O)Oc1ccc(C2CCOC2)c(OCC2CC2)n1. The predicted octanol–water partition coefficient (Wildman–Crippen LogP) is 2.23. The fourth-order valence-electron chi connectivity index (χ4n) is 2.61. The molecular weight excluding hydrogens is 324 g/mol. The third-order valence-corrected chi connectivity index (χ3v) is 4.42. The first-order valence-corrected chi connectivity index (χ1v) is 8.79. The average Bonchev–Trinajstić information content (AvgIpc) is 3.24. The van der Waals surface area contributed by atoms with E-state index in [1.807, 2.05) is 6.07 Å². The Morgan fingerprint density at radius 3 is 2.84 bits per heavy atom. The minimum Gasteiger partial charge on any atom is -0.477 e. The lowest BCUT2D eigenvalue weighted by molar-refractivity contribution is 0.157. The minimum atomic E-state index is -0.760. The normalized spacial score (nSPS) is 20.4. The number of amides is 1. The zero-order valence-corrected chi connectivity index (χ0v) is 14.8. The molecular formula is C18H26N2O5. The zero-order chi connectivity index (χ0) is 17.9. The summed E-state index contributed by atoms with van der Waals surface area (Å²) in [6, 6.07) is 3.57. The van der Waals surface area contributed by atoms with Crippen molar-refractivity contribution in [3.05, 3.63) is 17.7 Å². The number of hydrogen-bond acceptors (Lipinski definition) is 6. The second-order valence-electron chi connectivity index (χ2n) is 7.42. The molecule has 7 nitrogen and oxygen atoms in total. The molecule has 1 saturated heterocycles. The summed E-state index contributed by atoms with van der Waals surface area (Å²) in [5, 5.41) is 11.8. The Kier molecular flexibility index (Phi) is 5.44. The van der Waals surface area contributed by atoms with Crippen LogP contribution in [0.2, 0.25) is 0 Å². The lowest BCUT2D eigenvalue weighted by Crippen LogP contribution is -2.47. The second-order valence-corrected chi connectivity index (χ2v) is 7.42. The van der Waals surface area contributed by atoms with Crippen molar-refractivity contribution in [1.82, 2.24) is 10.3 Å². The smallest absolute Gasteiger partial charge is 0.414 e. The summed E-state index contributed by atoms with van der Waals surface area (Å²) in [7, 11) is 0. The summed E-state index contributed by atoms with van der Waals surface area (Å²) in [6.45, 7) is 5.26. The monoisotopic (exact) mass is 350 g/mol. The van der Waals surface area contributed by atoms with E-state index in [1.165, 1.54) is 12.8 Å². The molecule has 1 atom stereocenters. The molecule has 2 heterocycles. The highest BCUT2D eigenvalue weighted by atomic mass is 16.6. The summed E-state index contributed by atoms with van der Waals surface area (Å²) >= 11 is 0. The maximum Gasteiger partial charge on any atom is 0.414 e. The van der Waals surface area contributed by atoms with Crippen molar-refractivity contribution in [1.29, 1.82) is 0 Å². The van der Waals surface area contributed by atoms with Gasteiger partial charge < -0.3 is 24.6 Å². The van der Waals surface area contributed by atoms with Gasteiger partial charge in [0.2, 0.25) is 11.8 Å². The number of ether oxygens (including phenoxy) is 3. The van der Waals surface area contributed by atoms with Gasteiger partial charge in [0.25, 0.3) is 0 Å². The van der Waals surface area contributed by atoms with Crippen LogP contribution in [0.4, 0.5) is 4.79 Å². The molecule has 2 N–H and O–H groups in total. The maximum atomic E-state index is 12.0. The summed E-state index contributed by atoms with van der Waals surface area (Å²) in [6.07, 6.45) is 2.66. The number of hydrogen-bond donors (Lipinski definition) is 2. The van der Waals surface area contributed by atoms with Crippen molar-refractivity contribution >= 4 is 6.09 Å². The van der Waals surface area contributed by atoms with E-state index < -0.39 is 11.6 Å². The van der Waals surface area contributed by atoms with E-state index in [9.17, 15) is 9.90 Å².